The van der Waals surface area contributed by atoms with Crippen molar-refractivity contribution in [2.75, 3.05) is 33.3 Å². The van der Waals surface area contributed by atoms with Gasteiger partial charge in [0.05, 0.1) is 19.1 Å². The number of carbonyl (C=O) groups excluding carboxylic acids is 1. The van der Waals surface area contributed by atoms with E-state index in [1.807, 2.05) is 24.3 Å². The molecule has 104 valence electrons. The zero-order valence-corrected chi connectivity index (χ0v) is 12.0. The van der Waals surface area contributed by atoms with E-state index in [1.165, 1.54) is 0 Å². The number of amides is 1. The summed E-state index contributed by atoms with van der Waals surface area (Å²) in [4.78, 5) is 14.9. The van der Waals surface area contributed by atoms with E-state index in [1.54, 1.807) is 0 Å². The Hall–Kier alpha value is -1.04. The maximum Gasteiger partial charge on any atom is 0.224 e. The average molecular weight is 280 g/mol. The molecular formula is C14H20N2O2S. The first-order valence-electron chi connectivity index (χ1n) is 6.48. The van der Waals surface area contributed by atoms with Gasteiger partial charge in [0.2, 0.25) is 5.91 Å². The number of ether oxygens (including phenoxy) is 1. The molecule has 1 N–H and O–H groups in total. The molecule has 0 spiro atoms. The van der Waals surface area contributed by atoms with Gasteiger partial charge in [-0.3, -0.25) is 4.79 Å². The standard InChI is InChI=1S/C14H20N2O2S/c1-16-6-7-18-12(10-16)9-15-14(17)8-11-2-4-13(19)5-3-11/h2-5,12,19H,6-10H2,1H3,(H,15,17). The number of nitrogens with zero attached hydrogens (tertiary/aromatic N) is 1. The number of nitrogens with one attached hydrogen (secondary N) is 1. The molecule has 1 aliphatic rings. The SMILES string of the molecule is CN1CCOC(CNC(=O)Cc2ccc(S)cc2)C1. The first-order chi connectivity index (χ1) is 9.13. The van der Waals surface area contributed by atoms with Gasteiger partial charge in [-0.25, -0.2) is 0 Å². The topological polar surface area (TPSA) is 41.6 Å². The summed E-state index contributed by atoms with van der Waals surface area (Å²) in [7, 11) is 2.07. The van der Waals surface area contributed by atoms with Crippen LogP contribution in [0.1, 0.15) is 5.56 Å². The number of likely N-dealkylation sites (N-methyl/N-ethyl adjacent to an activating group) is 1. The zero-order chi connectivity index (χ0) is 13.7. The Kier molecular flexibility index (Phi) is 5.24. The summed E-state index contributed by atoms with van der Waals surface area (Å²) in [5.41, 5.74) is 0.997. The summed E-state index contributed by atoms with van der Waals surface area (Å²) in [5.74, 6) is 0.0312. The number of thiol groups is 1. The Bertz CT molecular complexity index is 422. The third kappa shape index (κ3) is 4.86. The molecule has 1 atom stereocenters. The van der Waals surface area contributed by atoms with E-state index in [4.69, 9.17) is 4.74 Å². The normalized spacial score (nSPS) is 20.2. The number of carbonyl (C=O) groups is 1. The van der Waals surface area contributed by atoms with E-state index in [9.17, 15) is 4.79 Å². The van der Waals surface area contributed by atoms with E-state index in [0.717, 1.165) is 30.2 Å². The van der Waals surface area contributed by atoms with E-state index in [2.05, 4.69) is 29.9 Å². The van der Waals surface area contributed by atoms with E-state index in [0.29, 0.717) is 13.0 Å². The third-order valence-corrected chi connectivity index (χ3v) is 3.47. The second-order valence-electron chi connectivity index (χ2n) is 4.90. The van der Waals surface area contributed by atoms with Crippen LogP contribution in [-0.2, 0) is 16.0 Å². The minimum absolute atomic E-state index is 0.0312. The lowest BCUT2D eigenvalue weighted by atomic mass is 10.1. The molecule has 0 aliphatic carbocycles. The van der Waals surface area contributed by atoms with E-state index < -0.39 is 0 Å². The van der Waals surface area contributed by atoms with Gasteiger partial charge in [-0.2, -0.15) is 0 Å². The molecule has 0 aromatic heterocycles. The highest BCUT2D eigenvalue weighted by atomic mass is 32.1. The van der Waals surface area contributed by atoms with Gasteiger partial charge in [0.25, 0.3) is 0 Å². The molecule has 1 unspecified atom stereocenters. The van der Waals surface area contributed by atoms with Crippen LogP contribution in [0, 0.1) is 0 Å². The molecule has 4 nitrogen and oxygen atoms in total. The summed E-state index contributed by atoms with van der Waals surface area (Å²) < 4.78 is 5.60. The molecule has 0 radical (unpaired) electrons. The number of rotatable bonds is 4. The second kappa shape index (κ2) is 6.93. The van der Waals surface area contributed by atoms with Gasteiger partial charge in [0.15, 0.2) is 0 Å². The van der Waals surface area contributed by atoms with Gasteiger partial charge >= 0.3 is 0 Å². The lowest BCUT2D eigenvalue weighted by Crippen LogP contribution is -2.46. The fraction of sp³-hybridized carbons (Fsp3) is 0.500. The molecule has 1 aromatic carbocycles. The van der Waals surface area contributed by atoms with Crippen molar-refractivity contribution < 1.29 is 9.53 Å². The van der Waals surface area contributed by atoms with Crippen LogP contribution in [0.5, 0.6) is 0 Å². The third-order valence-electron chi connectivity index (χ3n) is 3.17. The highest BCUT2D eigenvalue weighted by molar-refractivity contribution is 7.80. The molecule has 0 saturated carbocycles. The quantitative estimate of drug-likeness (QED) is 0.808. The van der Waals surface area contributed by atoms with Crippen molar-refractivity contribution >= 4 is 18.5 Å². The van der Waals surface area contributed by atoms with Crippen molar-refractivity contribution in [3.63, 3.8) is 0 Å². The van der Waals surface area contributed by atoms with Gasteiger partial charge in [-0.15, -0.1) is 12.6 Å². The van der Waals surface area contributed by atoms with Gasteiger partial charge < -0.3 is 15.0 Å². The fourth-order valence-corrected chi connectivity index (χ4v) is 2.23. The fourth-order valence-electron chi connectivity index (χ4n) is 2.08. The van der Waals surface area contributed by atoms with Crippen LogP contribution in [0.2, 0.25) is 0 Å². The molecule has 1 aliphatic heterocycles. The lowest BCUT2D eigenvalue weighted by Gasteiger charge is -2.30. The molecule has 0 bridgehead atoms. The Morgan fingerprint density at radius 2 is 2.21 bits per heavy atom. The van der Waals surface area contributed by atoms with Gasteiger partial charge in [0.1, 0.15) is 0 Å². The number of morpholine rings is 1. The van der Waals surface area contributed by atoms with Crippen LogP contribution < -0.4 is 5.32 Å². The molecule has 19 heavy (non-hydrogen) atoms. The summed E-state index contributed by atoms with van der Waals surface area (Å²) in [6.45, 7) is 3.14. The predicted octanol–water partition coefficient (Wildman–Crippen LogP) is 0.965. The molecule has 1 fully saturated rings. The molecule has 2 rings (SSSR count). The average Bonchev–Trinajstić information content (AvgIpc) is 2.39. The number of hydrogen-bond acceptors (Lipinski definition) is 4. The van der Waals surface area contributed by atoms with E-state index in [-0.39, 0.29) is 12.0 Å². The van der Waals surface area contributed by atoms with Crippen LogP contribution in [-0.4, -0.2) is 50.2 Å². The van der Waals surface area contributed by atoms with Crippen molar-refractivity contribution in [3.05, 3.63) is 29.8 Å². The first-order valence-corrected chi connectivity index (χ1v) is 6.93. The molecule has 1 heterocycles. The van der Waals surface area contributed by atoms with Crippen LogP contribution in [0.4, 0.5) is 0 Å². The Labute approximate surface area is 119 Å². The highest BCUT2D eigenvalue weighted by Gasteiger charge is 2.18. The smallest absolute Gasteiger partial charge is 0.224 e. The van der Waals surface area contributed by atoms with Crippen LogP contribution >= 0.6 is 12.6 Å². The first kappa shape index (κ1) is 14.4. The van der Waals surface area contributed by atoms with Gasteiger partial charge in [-0.05, 0) is 24.7 Å². The van der Waals surface area contributed by atoms with Crippen molar-refractivity contribution in [2.24, 2.45) is 0 Å². The summed E-state index contributed by atoms with van der Waals surface area (Å²) in [6, 6.07) is 7.63. The lowest BCUT2D eigenvalue weighted by molar-refractivity contribution is -0.121. The summed E-state index contributed by atoms with van der Waals surface area (Å²) in [6.07, 6.45) is 0.499. The summed E-state index contributed by atoms with van der Waals surface area (Å²) in [5, 5.41) is 2.93. The number of benzene rings is 1. The Morgan fingerprint density at radius 1 is 1.47 bits per heavy atom. The zero-order valence-electron chi connectivity index (χ0n) is 11.1. The summed E-state index contributed by atoms with van der Waals surface area (Å²) >= 11 is 4.22. The molecule has 1 saturated heterocycles. The maximum atomic E-state index is 11.8. The van der Waals surface area contributed by atoms with Crippen molar-refractivity contribution in [3.8, 4) is 0 Å². The number of hydrogen-bond donors (Lipinski definition) is 2. The van der Waals surface area contributed by atoms with Gasteiger partial charge in [0, 0.05) is 24.5 Å². The van der Waals surface area contributed by atoms with Crippen molar-refractivity contribution in [1.82, 2.24) is 10.2 Å². The van der Waals surface area contributed by atoms with Crippen molar-refractivity contribution in [1.29, 1.82) is 0 Å². The van der Waals surface area contributed by atoms with Crippen LogP contribution in [0.15, 0.2) is 29.2 Å². The van der Waals surface area contributed by atoms with E-state index >= 15 is 0 Å². The van der Waals surface area contributed by atoms with Crippen LogP contribution in [0.3, 0.4) is 0 Å². The van der Waals surface area contributed by atoms with Crippen molar-refractivity contribution in [2.45, 2.75) is 17.4 Å². The highest BCUT2D eigenvalue weighted by Crippen LogP contribution is 2.08. The van der Waals surface area contributed by atoms with Gasteiger partial charge in [-0.1, -0.05) is 12.1 Å². The molecular weight excluding hydrogens is 260 g/mol. The minimum atomic E-state index is 0.0312. The predicted molar refractivity (Wildman–Crippen MR) is 77.6 cm³/mol. The second-order valence-corrected chi connectivity index (χ2v) is 5.42. The molecule has 1 aromatic rings. The largest absolute Gasteiger partial charge is 0.374 e. The Morgan fingerprint density at radius 3 is 2.89 bits per heavy atom. The molecule has 1 amide bonds. The Balaban J connectivity index is 1.73. The maximum absolute atomic E-state index is 11.8. The van der Waals surface area contributed by atoms with Crippen LogP contribution in [0.25, 0.3) is 0 Å². The molecule has 5 heteroatoms. The monoisotopic (exact) mass is 280 g/mol. The minimum Gasteiger partial charge on any atom is -0.374 e.